The van der Waals surface area contributed by atoms with Gasteiger partial charge in [-0.3, -0.25) is 0 Å². The molecule has 0 saturated carbocycles. The van der Waals surface area contributed by atoms with E-state index in [0.29, 0.717) is 5.75 Å². The lowest BCUT2D eigenvalue weighted by Crippen LogP contribution is -1.82. The summed E-state index contributed by atoms with van der Waals surface area (Å²) in [7, 11) is 6.76. The number of rotatable bonds is 1. The molecular formula is C5H6BNO. The van der Waals surface area contributed by atoms with Crippen LogP contribution in [0.15, 0.2) is 18.5 Å². The maximum Gasteiger partial charge on any atom is 0.374 e. The van der Waals surface area contributed by atoms with Gasteiger partial charge in [-0.2, -0.15) is 0 Å². The van der Waals surface area contributed by atoms with Crippen LogP contribution in [0, 0.1) is 0 Å². The Bertz CT molecular complexity index is 173. The molecule has 2 nitrogen and oxygen atoms in total. The van der Waals surface area contributed by atoms with Crippen molar-refractivity contribution in [2.75, 3.05) is 0 Å². The Morgan fingerprint density at radius 3 is 2.75 bits per heavy atom. The molecule has 0 amide bonds. The third-order valence-electron chi connectivity index (χ3n) is 0.941. The summed E-state index contributed by atoms with van der Waals surface area (Å²) in [5.74, 6) is 0.688. The lowest BCUT2D eigenvalue weighted by atomic mass is 10.5. The molecule has 2 radical (unpaired) electrons. The first kappa shape index (κ1) is 5.28. The molecule has 0 spiro atoms. The largest absolute Gasteiger partial charge is 0.567 e. The summed E-state index contributed by atoms with van der Waals surface area (Å²) < 4.78 is 6.28. The van der Waals surface area contributed by atoms with Gasteiger partial charge in [-0.25, -0.2) is 0 Å². The molecule has 1 rings (SSSR count). The van der Waals surface area contributed by atoms with Crippen molar-refractivity contribution >= 4 is 8.05 Å². The van der Waals surface area contributed by atoms with E-state index in [1.807, 2.05) is 17.8 Å². The summed E-state index contributed by atoms with van der Waals surface area (Å²) in [4.78, 5) is 0. The second kappa shape index (κ2) is 1.94. The van der Waals surface area contributed by atoms with Gasteiger partial charge < -0.3 is 9.22 Å². The minimum Gasteiger partial charge on any atom is -0.567 e. The number of aromatic nitrogens is 1. The summed E-state index contributed by atoms with van der Waals surface area (Å²) in [6.45, 7) is 0. The summed E-state index contributed by atoms with van der Waals surface area (Å²) >= 11 is 0. The van der Waals surface area contributed by atoms with Gasteiger partial charge in [0.25, 0.3) is 0 Å². The highest BCUT2D eigenvalue weighted by Gasteiger charge is 1.87. The molecule has 0 aliphatic carbocycles. The van der Waals surface area contributed by atoms with Crippen molar-refractivity contribution in [1.29, 1.82) is 0 Å². The first-order valence-corrected chi connectivity index (χ1v) is 2.31. The van der Waals surface area contributed by atoms with Gasteiger partial charge in [-0.1, -0.05) is 0 Å². The van der Waals surface area contributed by atoms with E-state index in [-0.39, 0.29) is 0 Å². The van der Waals surface area contributed by atoms with E-state index in [2.05, 4.69) is 4.65 Å². The normalized spacial score (nSPS) is 9.12. The molecule has 1 aromatic rings. The van der Waals surface area contributed by atoms with Gasteiger partial charge in [0.15, 0.2) is 0 Å². The Morgan fingerprint density at radius 2 is 2.50 bits per heavy atom. The van der Waals surface area contributed by atoms with Gasteiger partial charge in [0.2, 0.25) is 0 Å². The van der Waals surface area contributed by atoms with Gasteiger partial charge in [0, 0.05) is 19.4 Å². The second-order valence-electron chi connectivity index (χ2n) is 1.63. The molecule has 0 fully saturated rings. The highest BCUT2D eigenvalue weighted by Crippen LogP contribution is 2.06. The molecule has 0 unspecified atom stereocenters. The summed E-state index contributed by atoms with van der Waals surface area (Å²) in [6.07, 6.45) is 3.65. The molecule has 0 bridgehead atoms. The Labute approximate surface area is 49.5 Å². The minimum atomic E-state index is 0.688. The van der Waals surface area contributed by atoms with E-state index in [9.17, 15) is 0 Å². The number of hydrogen-bond acceptors (Lipinski definition) is 1. The SMILES string of the molecule is [B]Oc1ccn(C)c1. The van der Waals surface area contributed by atoms with Crippen LogP contribution in [0.5, 0.6) is 5.75 Å². The smallest absolute Gasteiger partial charge is 0.374 e. The molecule has 8 heavy (non-hydrogen) atoms. The van der Waals surface area contributed by atoms with E-state index in [1.165, 1.54) is 0 Å². The number of aryl methyl sites for hydroxylation is 1. The molecule has 40 valence electrons. The second-order valence-corrected chi connectivity index (χ2v) is 1.63. The highest BCUT2D eigenvalue weighted by molar-refractivity contribution is 5.99. The van der Waals surface area contributed by atoms with Crippen molar-refractivity contribution in [3.05, 3.63) is 18.5 Å². The van der Waals surface area contributed by atoms with Gasteiger partial charge in [-0.15, -0.1) is 0 Å². The molecule has 1 heterocycles. The zero-order valence-corrected chi connectivity index (χ0v) is 4.66. The van der Waals surface area contributed by atoms with Crippen molar-refractivity contribution in [2.24, 2.45) is 7.05 Å². The molecule has 1 aromatic heterocycles. The summed E-state index contributed by atoms with van der Waals surface area (Å²) in [6, 6.07) is 1.79. The first-order chi connectivity index (χ1) is 3.83. The molecule has 0 saturated heterocycles. The molecule has 3 heteroatoms. The zero-order valence-electron chi connectivity index (χ0n) is 4.66. The molecule has 0 atom stereocenters. The van der Waals surface area contributed by atoms with Crippen LogP contribution < -0.4 is 4.65 Å². The van der Waals surface area contributed by atoms with E-state index in [4.69, 9.17) is 8.05 Å². The maximum absolute atomic E-state index is 4.85. The van der Waals surface area contributed by atoms with Crippen molar-refractivity contribution < 1.29 is 4.65 Å². The summed E-state index contributed by atoms with van der Waals surface area (Å²) in [5.41, 5.74) is 0. The maximum atomic E-state index is 4.85. The van der Waals surface area contributed by atoms with Crippen LogP contribution in [0.3, 0.4) is 0 Å². The zero-order chi connectivity index (χ0) is 5.98. The van der Waals surface area contributed by atoms with E-state index < -0.39 is 0 Å². The lowest BCUT2D eigenvalue weighted by Gasteiger charge is -1.89. The van der Waals surface area contributed by atoms with E-state index >= 15 is 0 Å². The predicted molar refractivity (Wildman–Crippen MR) is 31.8 cm³/mol. The average molecular weight is 107 g/mol. The fraction of sp³-hybridized carbons (Fsp3) is 0.200. The van der Waals surface area contributed by atoms with Crippen molar-refractivity contribution in [2.45, 2.75) is 0 Å². The minimum absolute atomic E-state index is 0.688. The topological polar surface area (TPSA) is 14.2 Å². The number of hydrogen-bond donors (Lipinski definition) is 0. The van der Waals surface area contributed by atoms with Gasteiger partial charge in [0.05, 0.1) is 0 Å². The Kier molecular flexibility index (Phi) is 1.28. The summed E-state index contributed by atoms with van der Waals surface area (Å²) in [5, 5.41) is 0. The Morgan fingerprint density at radius 1 is 1.75 bits per heavy atom. The van der Waals surface area contributed by atoms with Crippen LogP contribution in [0.4, 0.5) is 0 Å². The Balaban J connectivity index is 2.84. The van der Waals surface area contributed by atoms with E-state index in [1.54, 1.807) is 12.3 Å². The van der Waals surface area contributed by atoms with Gasteiger partial charge in [-0.05, 0) is 6.07 Å². The average Bonchev–Trinajstić information content (AvgIpc) is 2.14. The highest BCUT2D eigenvalue weighted by atomic mass is 16.4. The fourth-order valence-corrected chi connectivity index (χ4v) is 0.548. The molecule has 0 aliphatic rings. The number of nitrogens with zero attached hydrogens (tertiary/aromatic N) is 1. The predicted octanol–water partition coefficient (Wildman–Crippen LogP) is 0.487. The molecule has 0 N–H and O–H groups in total. The Hall–Kier alpha value is -0.855. The third kappa shape index (κ3) is 0.859. The quantitative estimate of drug-likeness (QED) is 0.476. The molecular weight excluding hydrogens is 101 g/mol. The van der Waals surface area contributed by atoms with Crippen LogP contribution in [-0.4, -0.2) is 12.6 Å². The van der Waals surface area contributed by atoms with Crippen molar-refractivity contribution in [3.8, 4) is 5.75 Å². The van der Waals surface area contributed by atoms with Gasteiger partial charge in [0.1, 0.15) is 5.75 Å². The monoisotopic (exact) mass is 107 g/mol. The fourth-order valence-electron chi connectivity index (χ4n) is 0.548. The molecule has 0 aromatic carbocycles. The van der Waals surface area contributed by atoms with Crippen LogP contribution in [-0.2, 0) is 7.05 Å². The van der Waals surface area contributed by atoms with Gasteiger partial charge >= 0.3 is 8.05 Å². The third-order valence-corrected chi connectivity index (χ3v) is 0.941. The standard InChI is InChI=1S/C5H6BNO/c1-7-3-2-5(4-7)8-6/h2-4H,1H3. The van der Waals surface area contributed by atoms with Crippen molar-refractivity contribution in [1.82, 2.24) is 4.57 Å². The van der Waals surface area contributed by atoms with Crippen molar-refractivity contribution in [3.63, 3.8) is 0 Å². The van der Waals surface area contributed by atoms with Crippen LogP contribution in [0.2, 0.25) is 0 Å². The lowest BCUT2D eigenvalue weighted by molar-refractivity contribution is 0.614. The van der Waals surface area contributed by atoms with E-state index in [0.717, 1.165) is 0 Å². The van der Waals surface area contributed by atoms with Crippen LogP contribution in [0.25, 0.3) is 0 Å². The van der Waals surface area contributed by atoms with Crippen LogP contribution in [0.1, 0.15) is 0 Å². The molecule has 0 aliphatic heterocycles. The first-order valence-electron chi connectivity index (χ1n) is 2.31. The van der Waals surface area contributed by atoms with Crippen LogP contribution >= 0.6 is 0 Å².